The van der Waals surface area contributed by atoms with E-state index in [1.165, 1.54) is 17.2 Å². The number of nitrogens with one attached hydrogen (secondary N) is 2. The maximum Gasteiger partial charge on any atom is 0.323 e. The van der Waals surface area contributed by atoms with Crippen LogP contribution in [0.15, 0.2) is 30.5 Å². The molecule has 3 amide bonds. The summed E-state index contributed by atoms with van der Waals surface area (Å²) < 4.78 is 29.0. The van der Waals surface area contributed by atoms with E-state index in [4.69, 9.17) is 7.85 Å². The highest BCUT2D eigenvalue weighted by atomic mass is 19.1. The summed E-state index contributed by atoms with van der Waals surface area (Å²) in [6.45, 7) is 3.93. The van der Waals surface area contributed by atoms with Gasteiger partial charge in [0.15, 0.2) is 11.6 Å². The molecule has 0 bridgehead atoms. The third-order valence-electron chi connectivity index (χ3n) is 4.66. The van der Waals surface area contributed by atoms with Crippen LogP contribution in [0, 0.1) is 18.6 Å². The molecule has 1 saturated heterocycles. The van der Waals surface area contributed by atoms with Crippen molar-refractivity contribution >= 4 is 31.1 Å². The molecular formula is C19H20BF2N5O2. The third-order valence-corrected chi connectivity index (χ3v) is 4.66. The summed E-state index contributed by atoms with van der Waals surface area (Å²) in [6.07, 6.45) is 1.45. The first-order valence-corrected chi connectivity index (χ1v) is 9.08. The number of anilines is 2. The van der Waals surface area contributed by atoms with E-state index in [1.54, 1.807) is 19.1 Å². The average Bonchev–Trinajstić information content (AvgIpc) is 2.69. The van der Waals surface area contributed by atoms with Gasteiger partial charge in [-0.1, -0.05) is 6.07 Å². The van der Waals surface area contributed by atoms with Crippen LogP contribution in [0.3, 0.4) is 0 Å². The Bertz CT molecular complexity index is 902. The van der Waals surface area contributed by atoms with Gasteiger partial charge in [0.1, 0.15) is 11.5 Å². The van der Waals surface area contributed by atoms with Gasteiger partial charge in [-0.3, -0.25) is 14.7 Å². The molecule has 10 heteroatoms. The monoisotopic (exact) mass is 399 g/mol. The Kier molecular flexibility index (Phi) is 6.43. The molecule has 2 heterocycles. The zero-order chi connectivity index (χ0) is 21.0. The maximum atomic E-state index is 14.8. The van der Waals surface area contributed by atoms with Gasteiger partial charge in [0.05, 0.1) is 11.9 Å². The van der Waals surface area contributed by atoms with Crippen molar-refractivity contribution in [2.24, 2.45) is 0 Å². The van der Waals surface area contributed by atoms with Crippen LogP contribution < -0.4 is 10.6 Å². The molecule has 0 aliphatic carbocycles. The van der Waals surface area contributed by atoms with Gasteiger partial charge >= 0.3 is 6.03 Å². The fourth-order valence-corrected chi connectivity index (χ4v) is 3.02. The first-order valence-electron chi connectivity index (χ1n) is 9.08. The topological polar surface area (TPSA) is 77.6 Å². The largest absolute Gasteiger partial charge is 0.350 e. The van der Waals surface area contributed by atoms with Crippen molar-refractivity contribution in [3.8, 4) is 0 Å². The molecule has 0 saturated carbocycles. The molecule has 3 rings (SSSR count). The first-order chi connectivity index (χ1) is 13.8. The summed E-state index contributed by atoms with van der Waals surface area (Å²) in [5, 5.41) is 4.71. The number of nitrogens with zero attached hydrogens (tertiary/aromatic N) is 3. The number of carbonyl (C=O) groups is 2. The summed E-state index contributed by atoms with van der Waals surface area (Å²) in [6, 6.07) is 5.02. The van der Waals surface area contributed by atoms with E-state index in [-0.39, 0.29) is 12.1 Å². The van der Waals surface area contributed by atoms with Gasteiger partial charge in [-0.25, -0.2) is 13.6 Å². The Labute approximate surface area is 168 Å². The number of halogens is 2. The normalized spacial score (nSPS) is 14.5. The summed E-state index contributed by atoms with van der Waals surface area (Å²) in [5.41, 5.74) is 0.900. The van der Waals surface area contributed by atoms with Crippen LogP contribution in [0.2, 0.25) is 0 Å². The van der Waals surface area contributed by atoms with E-state index >= 15 is 0 Å². The minimum absolute atomic E-state index is 0.219. The number of hydrogen-bond donors (Lipinski definition) is 2. The standard InChI is InChI=1S/C19H20BF2N5O2/c1-12-2-4-14(10-23-12)24-19(29)25-17-15(21)5-3-13(16(17)22)11-26-6-8-27(9-7-26)18(20)28/h2-5,10H,6-9,11H2,1H3,(H2,24,25,29). The summed E-state index contributed by atoms with van der Waals surface area (Å²) in [4.78, 5) is 30.8. The van der Waals surface area contributed by atoms with Gasteiger partial charge in [-0.15, -0.1) is 0 Å². The maximum absolute atomic E-state index is 14.8. The molecule has 1 aromatic carbocycles. The van der Waals surface area contributed by atoms with E-state index in [2.05, 4.69) is 15.6 Å². The smallest absolute Gasteiger partial charge is 0.323 e. The number of pyridine rings is 1. The van der Waals surface area contributed by atoms with Crippen LogP contribution in [-0.2, 0) is 6.54 Å². The van der Waals surface area contributed by atoms with E-state index in [1.807, 2.05) is 4.90 Å². The lowest BCUT2D eigenvalue weighted by atomic mass is 10.1. The van der Waals surface area contributed by atoms with Gasteiger partial charge in [-0.05, 0) is 25.1 Å². The zero-order valence-electron chi connectivity index (χ0n) is 15.9. The Hall–Kier alpha value is -3.01. The molecule has 1 aliphatic heterocycles. The van der Waals surface area contributed by atoms with Gasteiger partial charge in [0.25, 0.3) is 0 Å². The number of aromatic nitrogens is 1. The van der Waals surface area contributed by atoms with Crippen molar-refractivity contribution in [3.05, 3.63) is 53.4 Å². The Morgan fingerprint density at radius 1 is 1.10 bits per heavy atom. The van der Waals surface area contributed by atoms with Crippen LogP contribution in [0.25, 0.3) is 0 Å². The number of amides is 3. The average molecular weight is 399 g/mol. The Morgan fingerprint density at radius 3 is 2.45 bits per heavy atom. The van der Waals surface area contributed by atoms with Crippen molar-refractivity contribution < 1.29 is 18.4 Å². The summed E-state index contributed by atoms with van der Waals surface area (Å²) in [5.74, 6) is -2.19. The van der Waals surface area contributed by atoms with Crippen LogP contribution in [0.5, 0.6) is 0 Å². The van der Waals surface area contributed by atoms with Gasteiger partial charge < -0.3 is 15.5 Å². The van der Waals surface area contributed by atoms with Crippen LogP contribution in [-0.4, -0.2) is 60.6 Å². The molecular weight excluding hydrogens is 379 g/mol. The first kappa shape index (κ1) is 20.7. The molecule has 2 aromatic rings. The minimum Gasteiger partial charge on any atom is -0.350 e. The Morgan fingerprint density at radius 2 is 1.83 bits per heavy atom. The molecule has 150 valence electrons. The van der Waals surface area contributed by atoms with Crippen molar-refractivity contribution in [1.29, 1.82) is 0 Å². The quantitative estimate of drug-likeness (QED) is 0.776. The van der Waals surface area contributed by atoms with Crippen LogP contribution >= 0.6 is 0 Å². The van der Waals surface area contributed by atoms with Crippen molar-refractivity contribution in [2.45, 2.75) is 13.5 Å². The molecule has 1 aliphatic rings. The highest BCUT2D eigenvalue weighted by Gasteiger charge is 2.21. The number of piperazine rings is 1. The molecule has 2 radical (unpaired) electrons. The Balaban J connectivity index is 1.66. The SMILES string of the molecule is [B]C(=O)N1CCN(Cc2ccc(F)c(NC(=O)Nc3ccc(C)nc3)c2F)CC1. The lowest BCUT2D eigenvalue weighted by Gasteiger charge is -2.34. The number of urea groups is 1. The molecule has 2 N–H and O–H groups in total. The number of rotatable bonds is 4. The van der Waals surface area contributed by atoms with Crippen LogP contribution in [0.4, 0.5) is 29.7 Å². The second kappa shape index (κ2) is 9.00. The number of carbonyl (C=O) groups excluding carboxylic acids is 2. The summed E-state index contributed by atoms with van der Waals surface area (Å²) in [7, 11) is 5.25. The van der Waals surface area contributed by atoms with Crippen molar-refractivity contribution in [3.63, 3.8) is 0 Å². The molecule has 1 fully saturated rings. The lowest BCUT2D eigenvalue weighted by Crippen LogP contribution is -2.48. The van der Waals surface area contributed by atoms with Gasteiger partial charge in [0, 0.05) is 44.0 Å². The third kappa shape index (κ3) is 5.29. The zero-order valence-corrected chi connectivity index (χ0v) is 15.9. The fraction of sp³-hybridized carbons (Fsp3) is 0.316. The van der Waals surface area contributed by atoms with E-state index in [9.17, 15) is 18.4 Å². The molecule has 0 unspecified atom stereocenters. The van der Waals surface area contributed by atoms with Crippen LogP contribution in [0.1, 0.15) is 11.3 Å². The predicted octanol–water partition coefficient (Wildman–Crippen LogP) is 2.72. The highest BCUT2D eigenvalue weighted by molar-refractivity contribution is 6.56. The van der Waals surface area contributed by atoms with Crippen molar-refractivity contribution in [2.75, 3.05) is 36.8 Å². The number of aryl methyl sites for hydroxylation is 1. The number of benzene rings is 1. The fourth-order valence-electron chi connectivity index (χ4n) is 3.02. The van der Waals surface area contributed by atoms with Gasteiger partial charge in [0.2, 0.25) is 7.85 Å². The number of hydrogen-bond acceptors (Lipinski definition) is 4. The molecule has 0 spiro atoms. The minimum atomic E-state index is -0.873. The van der Waals surface area contributed by atoms with E-state index in [0.29, 0.717) is 31.9 Å². The predicted molar refractivity (Wildman–Crippen MR) is 106 cm³/mol. The molecule has 0 atom stereocenters. The second-order valence-electron chi connectivity index (χ2n) is 6.76. The second-order valence-corrected chi connectivity index (χ2v) is 6.76. The van der Waals surface area contributed by atoms with E-state index < -0.39 is 29.2 Å². The molecule has 7 nitrogen and oxygen atoms in total. The van der Waals surface area contributed by atoms with Crippen molar-refractivity contribution in [1.82, 2.24) is 14.8 Å². The molecule has 29 heavy (non-hydrogen) atoms. The lowest BCUT2D eigenvalue weighted by molar-refractivity contribution is 0.147. The molecule has 1 aromatic heterocycles. The highest BCUT2D eigenvalue weighted by Crippen LogP contribution is 2.24. The summed E-state index contributed by atoms with van der Waals surface area (Å²) >= 11 is 0. The van der Waals surface area contributed by atoms with Gasteiger partial charge in [-0.2, -0.15) is 0 Å². The van der Waals surface area contributed by atoms with E-state index in [0.717, 1.165) is 11.8 Å².